The quantitative estimate of drug-likeness (QED) is 0.774. The Bertz CT molecular complexity index is 295. The number of halogens is 1. The van der Waals surface area contributed by atoms with E-state index in [1.54, 1.807) is 6.33 Å². The minimum Gasteiger partial charge on any atom is -0.241 e. The minimum absolute atomic E-state index is 0.897. The van der Waals surface area contributed by atoms with Crippen molar-refractivity contribution in [1.82, 2.24) is 9.97 Å². The van der Waals surface area contributed by atoms with Gasteiger partial charge in [0.15, 0.2) is 0 Å². The third-order valence-electron chi connectivity index (χ3n) is 2.97. The second-order valence-electron chi connectivity index (χ2n) is 4.02. The van der Waals surface area contributed by atoms with Gasteiger partial charge >= 0.3 is 0 Å². The highest BCUT2D eigenvalue weighted by Gasteiger charge is 2.14. The van der Waals surface area contributed by atoms with Gasteiger partial charge in [-0.2, -0.15) is 0 Å². The lowest BCUT2D eigenvalue weighted by atomic mass is 10.0. The molecule has 1 aliphatic carbocycles. The second-order valence-corrected chi connectivity index (χ2v) is 4.83. The molecule has 0 unspecified atom stereocenters. The SMILES string of the molecule is Brc1cc(CCC2CCCC2)ncn1. The van der Waals surface area contributed by atoms with Crippen molar-refractivity contribution in [3.05, 3.63) is 22.7 Å². The van der Waals surface area contributed by atoms with E-state index in [4.69, 9.17) is 0 Å². The lowest BCUT2D eigenvalue weighted by Gasteiger charge is -2.07. The van der Waals surface area contributed by atoms with Crippen molar-refractivity contribution >= 4 is 15.9 Å². The summed E-state index contributed by atoms with van der Waals surface area (Å²) in [6.45, 7) is 0. The van der Waals surface area contributed by atoms with Crippen LogP contribution in [0.15, 0.2) is 17.0 Å². The Morgan fingerprint density at radius 3 is 2.79 bits per heavy atom. The van der Waals surface area contributed by atoms with Crippen LogP contribution >= 0.6 is 15.9 Å². The summed E-state index contributed by atoms with van der Waals surface area (Å²) in [5.74, 6) is 0.948. The van der Waals surface area contributed by atoms with Crippen molar-refractivity contribution in [2.75, 3.05) is 0 Å². The van der Waals surface area contributed by atoms with Gasteiger partial charge in [0.05, 0.1) is 0 Å². The molecule has 0 bridgehead atoms. The summed E-state index contributed by atoms with van der Waals surface area (Å²) in [6, 6.07) is 2.02. The summed E-state index contributed by atoms with van der Waals surface area (Å²) in [4.78, 5) is 8.28. The van der Waals surface area contributed by atoms with Gasteiger partial charge in [-0.3, -0.25) is 0 Å². The Morgan fingerprint density at radius 1 is 1.29 bits per heavy atom. The summed E-state index contributed by atoms with van der Waals surface area (Å²) in [5.41, 5.74) is 1.17. The normalized spacial score (nSPS) is 17.5. The third kappa shape index (κ3) is 2.77. The van der Waals surface area contributed by atoms with E-state index in [1.807, 2.05) is 6.07 Å². The summed E-state index contributed by atoms with van der Waals surface area (Å²) in [5, 5.41) is 0. The Labute approximate surface area is 93.3 Å². The van der Waals surface area contributed by atoms with Crippen molar-refractivity contribution in [2.45, 2.75) is 38.5 Å². The summed E-state index contributed by atoms with van der Waals surface area (Å²) in [7, 11) is 0. The lowest BCUT2D eigenvalue weighted by molar-refractivity contribution is 0.500. The van der Waals surface area contributed by atoms with E-state index in [9.17, 15) is 0 Å². The van der Waals surface area contributed by atoms with Crippen molar-refractivity contribution in [3.63, 3.8) is 0 Å². The zero-order chi connectivity index (χ0) is 9.80. The van der Waals surface area contributed by atoms with Crippen LogP contribution in [-0.2, 0) is 6.42 Å². The maximum Gasteiger partial charge on any atom is 0.116 e. The first kappa shape index (κ1) is 10.1. The van der Waals surface area contributed by atoms with Gasteiger partial charge in [-0.25, -0.2) is 9.97 Å². The number of aromatic nitrogens is 2. The van der Waals surface area contributed by atoms with Crippen LogP contribution in [0.2, 0.25) is 0 Å². The van der Waals surface area contributed by atoms with Crippen molar-refractivity contribution in [3.8, 4) is 0 Å². The topological polar surface area (TPSA) is 25.8 Å². The molecule has 0 N–H and O–H groups in total. The van der Waals surface area contributed by atoms with Crippen LogP contribution < -0.4 is 0 Å². The van der Waals surface area contributed by atoms with Gasteiger partial charge < -0.3 is 0 Å². The fraction of sp³-hybridized carbons (Fsp3) is 0.636. The fourth-order valence-electron chi connectivity index (χ4n) is 2.16. The highest BCUT2D eigenvalue weighted by molar-refractivity contribution is 9.10. The molecule has 76 valence electrons. The monoisotopic (exact) mass is 254 g/mol. The Kier molecular flexibility index (Phi) is 3.51. The maximum atomic E-state index is 4.26. The molecule has 2 rings (SSSR count). The van der Waals surface area contributed by atoms with Gasteiger partial charge in [0.1, 0.15) is 10.9 Å². The van der Waals surface area contributed by atoms with Gasteiger partial charge in [0.25, 0.3) is 0 Å². The van der Waals surface area contributed by atoms with Gasteiger partial charge in [0.2, 0.25) is 0 Å². The van der Waals surface area contributed by atoms with E-state index < -0.39 is 0 Å². The zero-order valence-corrected chi connectivity index (χ0v) is 9.83. The molecule has 0 radical (unpaired) electrons. The lowest BCUT2D eigenvalue weighted by Crippen LogP contribution is -1.98. The van der Waals surface area contributed by atoms with Gasteiger partial charge in [0, 0.05) is 5.69 Å². The Morgan fingerprint density at radius 2 is 2.07 bits per heavy atom. The number of aryl methyl sites for hydroxylation is 1. The van der Waals surface area contributed by atoms with Crippen LogP contribution in [0.25, 0.3) is 0 Å². The molecule has 1 heterocycles. The van der Waals surface area contributed by atoms with E-state index in [2.05, 4.69) is 25.9 Å². The van der Waals surface area contributed by atoms with E-state index in [0.717, 1.165) is 16.9 Å². The summed E-state index contributed by atoms with van der Waals surface area (Å²) >= 11 is 3.36. The van der Waals surface area contributed by atoms with E-state index >= 15 is 0 Å². The summed E-state index contributed by atoms with van der Waals surface area (Å²) in [6.07, 6.45) is 9.73. The predicted molar refractivity (Wildman–Crippen MR) is 60.0 cm³/mol. The molecule has 3 heteroatoms. The van der Waals surface area contributed by atoms with Gasteiger partial charge in [-0.05, 0) is 40.8 Å². The first-order valence-electron chi connectivity index (χ1n) is 5.31. The molecule has 1 aromatic heterocycles. The predicted octanol–water partition coefficient (Wildman–Crippen LogP) is 3.36. The molecule has 0 aliphatic heterocycles. The first-order valence-corrected chi connectivity index (χ1v) is 6.10. The number of rotatable bonds is 3. The van der Waals surface area contributed by atoms with Crippen LogP contribution in [0, 0.1) is 5.92 Å². The number of hydrogen-bond donors (Lipinski definition) is 0. The van der Waals surface area contributed by atoms with Crippen LogP contribution in [-0.4, -0.2) is 9.97 Å². The highest BCUT2D eigenvalue weighted by Crippen LogP contribution is 2.28. The standard InChI is InChI=1S/C11H15BrN2/c12-11-7-10(13-8-14-11)6-5-9-3-1-2-4-9/h7-9H,1-6H2. The molecule has 1 saturated carbocycles. The molecule has 0 amide bonds. The van der Waals surface area contributed by atoms with Crippen LogP contribution in [0.5, 0.6) is 0 Å². The van der Waals surface area contributed by atoms with E-state index in [1.165, 1.54) is 37.8 Å². The van der Waals surface area contributed by atoms with Crippen molar-refractivity contribution in [2.24, 2.45) is 5.92 Å². The smallest absolute Gasteiger partial charge is 0.116 e. The van der Waals surface area contributed by atoms with Gasteiger partial charge in [-0.15, -0.1) is 0 Å². The Hall–Kier alpha value is -0.440. The molecule has 2 nitrogen and oxygen atoms in total. The molecule has 1 fully saturated rings. The number of hydrogen-bond acceptors (Lipinski definition) is 2. The average molecular weight is 255 g/mol. The van der Waals surface area contributed by atoms with Crippen LogP contribution in [0.4, 0.5) is 0 Å². The molecule has 0 aromatic carbocycles. The van der Waals surface area contributed by atoms with E-state index in [-0.39, 0.29) is 0 Å². The molecule has 14 heavy (non-hydrogen) atoms. The highest BCUT2D eigenvalue weighted by atomic mass is 79.9. The van der Waals surface area contributed by atoms with Crippen LogP contribution in [0.3, 0.4) is 0 Å². The molecule has 0 spiro atoms. The Balaban J connectivity index is 1.85. The summed E-state index contributed by atoms with van der Waals surface area (Å²) < 4.78 is 0.897. The van der Waals surface area contributed by atoms with Gasteiger partial charge in [-0.1, -0.05) is 25.7 Å². The van der Waals surface area contributed by atoms with E-state index in [0.29, 0.717) is 0 Å². The fourth-order valence-corrected chi connectivity index (χ4v) is 2.51. The largest absolute Gasteiger partial charge is 0.241 e. The molecule has 0 atom stereocenters. The minimum atomic E-state index is 0.897. The average Bonchev–Trinajstić information content (AvgIpc) is 2.67. The molecular formula is C11H15BrN2. The molecule has 0 saturated heterocycles. The number of nitrogens with zero attached hydrogens (tertiary/aromatic N) is 2. The molecule has 1 aliphatic rings. The molecule has 1 aromatic rings. The second kappa shape index (κ2) is 4.87. The zero-order valence-electron chi connectivity index (χ0n) is 8.25. The van der Waals surface area contributed by atoms with Crippen LogP contribution in [0.1, 0.15) is 37.8 Å². The van der Waals surface area contributed by atoms with Crippen molar-refractivity contribution in [1.29, 1.82) is 0 Å². The third-order valence-corrected chi connectivity index (χ3v) is 3.41. The van der Waals surface area contributed by atoms with Crippen molar-refractivity contribution < 1.29 is 0 Å². The molecular weight excluding hydrogens is 240 g/mol. The maximum absolute atomic E-state index is 4.26. The first-order chi connectivity index (χ1) is 6.84.